The van der Waals surface area contributed by atoms with Crippen LogP contribution >= 0.6 is 0 Å². The molecule has 0 aromatic heterocycles. The third-order valence-electron chi connectivity index (χ3n) is 6.93. The van der Waals surface area contributed by atoms with Crippen LogP contribution in [0.4, 0.5) is 0 Å². The van der Waals surface area contributed by atoms with E-state index in [4.69, 9.17) is 14.7 Å². The lowest BCUT2D eigenvalue weighted by Crippen LogP contribution is -2.28. The van der Waals surface area contributed by atoms with Gasteiger partial charge in [0.2, 0.25) is 0 Å². The van der Waals surface area contributed by atoms with Gasteiger partial charge in [-0.25, -0.2) is 4.79 Å². The molecule has 2 aliphatic carbocycles. The van der Waals surface area contributed by atoms with E-state index < -0.39 is 5.97 Å². The summed E-state index contributed by atoms with van der Waals surface area (Å²) in [6.45, 7) is -0.182. The van der Waals surface area contributed by atoms with Gasteiger partial charge in [-0.05, 0) is 61.0 Å². The van der Waals surface area contributed by atoms with E-state index in [-0.39, 0.29) is 18.8 Å². The third-order valence-corrected chi connectivity index (χ3v) is 6.93. The van der Waals surface area contributed by atoms with Gasteiger partial charge in [-0.3, -0.25) is 0 Å². The zero-order chi connectivity index (χ0) is 22.2. The monoisotopic (exact) mass is 435 g/mol. The smallest absolute Gasteiger partial charge is 0.329 e. The van der Waals surface area contributed by atoms with Crippen LogP contribution in [0, 0.1) is 17.8 Å². The zero-order valence-electron chi connectivity index (χ0n) is 18.5. The fourth-order valence-electron chi connectivity index (χ4n) is 5.32. The summed E-state index contributed by atoms with van der Waals surface area (Å²) >= 11 is 0. The van der Waals surface area contributed by atoms with Gasteiger partial charge in [-0.1, -0.05) is 78.7 Å². The SMILES string of the molecule is O=C(O)COC1CCCC2CC(C=NOC(c3ccccc3)c3ccccc3)CCC2C1. The van der Waals surface area contributed by atoms with Crippen molar-refractivity contribution in [3.05, 3.63) is 71.8 Å². The summed E-state index contributed by atoms with van der Waals surface area (Å²) < 4.78 is 5.63. The van der Waals surface area contributed by atoms with Crippen molar-refractivity contribution in [1.29, 1.82) is 0 Å². The van der Waals surface area contributed by atoms with E-state index in [2.05, 4.69) is 29.4 Å². The summed E-state index contributed by atoms with van der Waals surface area (Å²) in [4.78, 5) is 16.9. The summed E-state index contributed by atoms with van der Waals surface area (Å²) in [5.74, 6) is 0.843. The lowest BCUT2D eigenvalue weighted by Gasteiger charge is -2.34. The van der Waals surface area contributed by atoms with Crippen LogP contribution in [0.5, 0.6) is 0 Å². The molecule has 0 amide bonds. The molecule has 170 valence electrons. The second-order valence-corrected chi connectivity index (χ2v) is 9.15. The van der Waals surface area contributed by atoms with Gasteiger partial charge in [0.25, 0.3) is 0 Å². The molecule has 2 aromatic carbocycles. The van der Waals surface area contributed by atoms with Crippen molar-refractivity contribution in [2.24, 2.45) is 22.9 Å². The summed E-state index contributed by atoms with van der Waals surface area (Å²) in [6, 6.07) is 20.4. The highest BCUT2D eigenvalue weighted by molar-refractivity contribution is 5.68. The molecular formula is C27H33NO4. The van der Waals surface area contributed by atoms with E-state index >= 15 is 0 Å². The molecule has 4 unspecified atom stereocenters. The Kier molecular flexibility index (Phi) is 7.94. The van der Waals surface area contributed by atoms with Gasteiger partial charge in [0.1, 0.15) is 6.61 Å². The molecule has 32 heavy (non-hydrogen) atoms. The van der Waals surface area contributed by atoms with Crippen LogP contribution in [0.25, 0.3) is 0 Å². The first kappa shape index (κ1) is 22.5. The highest BCUT2D eigenvalue weighted by atomic mass is 16.6. The van der Waals surface area contributed by atoms with Crippen LogP contribution in [-0.2, 0) is 14.4 Å². The maximum atomic E-state index is 10.8. The van der Waals surface area contributed by atoms with Gasteiger partial charge < -0.3 is 14.7 Å². The van der Waals surface area contributed by atoms with Crippen molar-refractivity contribution in [1.82, 2.24) is 0 Å². The molecule has 2 aliphatic rings. The normalized spacial score (nSPS) is 25.9. The Morgan fingerprint density at radius 3 is 2.25 bits per heavy atom. The lowest BCUT2D eigenvalue weighted by atomic mass is 9.72. The number of carboxylic acids is 1. The van der Waals surface area contributed by atoms with Crippen LogP contribution in [0.15, 0.2) is 65.8 Å². The Balaban J connectivity index is 1.34. The van der Waals surface area contributed by atoms with E-state index in [1.807, 2.05) is 42.6 Å². The number of hydrogen-bond acceptors (Lipinski definition) is 4. The van der Waals surface area contributed by atoms with E-state index in [1.54, 1.807) is 0 Å². The topological polar surface area (TPSA) is 68.1 Å². The predicted octanol–water partition coefficient (Wildman–Crippen LogP) is 5.85. The summed E-state index contributed by atoms with van der Waals surface area (Å²) in [5, 5.41) is 13.4. The molecule has 0 bridgehead atoms. The highest BCUT2D eigenvalue weighted by Crippen LogP contribution is 2.42. The summed E-state index contributed by atoms with van der Waals surface area (Å²) in [6.07, 6.45) is 9.52. The molecule has 5 nitrogen and oxygen atoms in total. The van der Waals surface area contributed by atoms with Crippen LogP contribution in [0.1, 0.15) is 62.2 Å². The van der Waals surface area contributed by atoms with Crippen LogP contribution < -0.4 is 0 Å². The number of carbonyl (C=O) groups is 1. The second-order valence-electron chi connectivity index (χ2n) is 9.15. The second kappa shape index (κ2) is 11.3. The van der Waals surface area contributed by atoms with E-state index in [0.29, 0.717) is 17.8 Å². The number of fused-ring (bicyclic) bond motifs is 1. The molecule has 0 radical (unpaired) electrons. The fourth-order valence-corrected chi connectivity index (χ4v) is 5.32. The minimum absolute atomic E-state index is 0.0900. The highest BCUT2D eigenvalue weighted by Gasteiger charge is 2.34. The van der Waals surface area contributed by atoms with Crippen molar-refractivity contribution in [2.45, 2.75) is 57.2 Å². The molecule has 2 aromatic rings. The first-order valence-corrected chi connectivity index (χ1v) is 11.8. The van der Waals surface area contributed by atoms with Crippen LogP contribution in [0.2, 0.25) is 0 Å². The van der Waals surface area contributed by atoms with Gasteiger partial charge in [0, 0.05) is 6.21 Å². The number of carboxylic acid groups (broad SMARTS) is 1. The lowest BCUT2D eigenvalue weighted by molar-refractivity contribution is -0.144. The Labute approximate surface area is 190 Å². The molecule has 5 heteroatoms. The first-order chi connectivity index (χ1) is 15.7. The molecule has 0 aliphatic heterocycles. The molecule has 4 rings (SSSR count). The molecule has 0 saturated heterocycles. The Bertz CT molecular complexity index is 830. The van der Waals surface area contributed by atoms with Crippen molar-refractivity contribution < 1.29 is 19.5 Å². The Morgan fingerprint density at radius 2 is 1.59 bits per heavy atom. The van der Waals surface area contributed by atoms with Gasteiger partial charge in [-0.15, -0.1) is 0 Å². The van der Waals surface area contributed by atoms with Crippen molar-refractivity contribution in [3.8, 4) is 0 Å². The van der Waals surface area contributed by atoms with Gasteiger partial charge in [-0.2, -0.15) is 0 Å². The third kappa shape index (κ3) is 6.19. The predicted molar refractivity (Wildman–Crippen MR) is 124 cm³/mol. The molecule has 0 heterocycles. The van der Waals surface area contributed by atoms with E-state index in [1.165, 1.54) is 6.42 Å². The molecule has 2 saturated carbocycles. The van der Waals surface area contributed by atoms with Crippen molar-refractivity contribution in [3.63, 3.8) is 0 Å². The van der Waals surface area contributed by atoms with Gasteiger partial charge in [0.05, 0.1) is 6.10 Å². The molecule has 4 atom stereocenters. The Hall–Kier alpha value is -2.66. The van der Waals surface area contributed by atoms with Crippen LogP contribution in [0.3, 0.4) is 0 Å². The van der Waals surface area contributed by atoms with Crippen molar-refractivity contribution in [2.75, 3.05) is 6.61 Å². The number of aliphatic carboxylic acids is 1. The fraction of sp³-hybridized carbons (Fsp3) is 0.481. The number of hydrogen-bond donors (Lipinski definition) is 1. The zero-order valence-corrected chi connectivity index (χ0v) is 18.5. The standard InChI is InChI=1S/C27H33NO4/c29-26(30)19-31-25-13-7-12-23-16-20(14-15-24(23)17-25)18-28-32-27(21-8-3-1-4-9-21)22-10-5-2-6-11-22/h1-6,8-11,18,20,23-25,27H,7,12-17,19H2,(H,29,30). The van der Waals surface area contributed by atoms with Gasteiger partial charge in [0.15, 0.2) is 6.10 Å². The number of ether oxygens (including phenoxy) is 1. The largest absolute Gasteiger partial charge is 0.480 e. The van der Waals surface area contributed by atoms with Gasteiger partial charge >= 0.3 is 5.97 Å². The number of oxime groups is 1. The number of rotatable bonds is 8. The van der Waals surface area contributed by atoms with Crippen LogP contribution in [-0.4, -0.2) is 30.0 Å². The minimum atomic E-state index is -0.880. The summed E-state index contributed by atoms with van der Waals surface area (Å²) in [5.41, 5.74) is 2.19. The first-order valence-electron chi connectivity index (χ1n) is 11.8. The number of benzene rings is 2. The molecular weight excluding hydrogens is 402 g/mol. The maximum Gasteiger partial charge on any atom is 0.329 e. The molecule has 2 fully saturated rings. The molecule has 0 spiro atoms. The van der Waals surface area contributed by atoms with E-state index in [9.17, 15) is 4.79 Å². The minimum Gasteiger partial charge on any atom is -0.480 e. The van der Waals surface area contributed by atoms with E-state index in [0.717, 1.165) is 49.7 Å². The number of nitrogens with zero attached hydrogens (tertiary/aromatic N) is 1. The summed E-state index contributed by atoms with van der Waals surface area (Å²) in [7, 11) is 0. The maximum absolute atomic E-state index is 10.8. The quantitative estimate of drug-likeness (QED) is 0.417. The average molecular weight is 436 g/mol. The average Bonchev–Trinajstić information content (AvgIpc) is 3.03. The molecule has 1 N–H and O–H groups in total. The Morgan fingerprint density at radius 1 is 0.938 bits per heavy atom. The van der Waals surface area contributed by atoms with Crippen molar-refractivity contribution >= 4 is 12.2 Å².